The minimum atomic E-state index is 0.0325. The highest BCUT2D eigenvalue weighted by atomic mass is 32.2. The van der Waals surface area contributed by atoms with Gasteiger partial charge in [0.1, 0.15) is 28.5 Å². The van der Waals surface area contributed by atoms with E-state index in [4.69, 9.17) is 9.15 Å². The average molecular weight is 407 g/mol. The van der Waals surface area contributed by atoms with Crippen molar-refractivity contribution in [2.45, 2.75) is 25.4 Å². The summed E-state index contributed by atoms with van der Waals surface area (Å²) in [5, 5.41) is 1.80. The Bertz CT molecular complexity index is 1170. The number of thioether (sulfide) groups is 1. The van der Waals surface area contributed by atoms with E-state index in [9.17, 15) is 4.79 Å². The molecule has 148 valence electrons. The molecular formula is C22H21N3O3S. The molecule has 0 aliphatic rings. The standard InChI is InChI=1S/C22H21N3O3S/c1-14-15(2)25(11-18-8-5-9-28-18)21-20(14)22(24-13-23-21)29-12-19(26)16-6-4-7-17(10-16)27-3/h4-10,13H,11-12H2,1-3H3. The predicted octanol–water partition coefficient (Wildman–Crippen LogP) is 4.67. The summed E-state index contributed by atoms with van der Waals surface area (Å²) in [6.45, 7) is 4.73. The van der Waals surface area contributed by atoms with Gasteiger partial charge in [-0.05, 0) is 43.7 Å². The molecule has 0 aliphatic carbocycles. The van der Waals surface area contributed by atoms with Crippen molar-refractivity contribution in [2.24, 2.45) is 0 Å². The fourth-order valence-electron chi connectivity index (χ4n) is 3.31. The number of aromatic nitrogens is 3. The van der Waals surface area contributed by atoms with Crippen LogP contribution < -0.4 is 4.74 Å². The summed E-state index contributed by atoms with van der Waals surface area (Å²) in [4.78, 5) is 21.6. The third-order valence-corrected chi connectivity index (χ3v) is 5.99. The maximum absolute atomic E-state index is 12.7. The van der Waals surface area contributed by atoms with Gasteiger partial charge in [0.2, 0.25) is 0 Å². The van der Waals surface area contributed by atoms with Crippen LogP contribution >= 0.6 is 11.8 Å². The minimum Gasteiger partial charge on any atom is -0.497 e. The van der Waals surface area contributed by atoms with Crippen LogP contribution in [0, 0.1) is 13.8 Å². The van der Waals surface area contributed by atoms with Crippen LogP contribution in [-0.2, 0) is 6.54 Å². The molecule has 0 N–H and O–H groups in total. The molecule has 0 atom stereocenters. The zero-order valence-corrected chi connectivity index (χ0v) is 17.3. The molecular weight excluding hydrogens is 386 g/mol. The quantitative estimate of drug-likeness (QED) is 0.252. The van der Waals surface area contributed by atoms with Gasteiger partial charge in [0.25, 0.3) is 0 Å². The molecule has 6 nitrogen and oxygen atoms in total. The number of hydrogen-bond donors (Lipinski definition) is 0. The van der Waals surface area contributed by atoms with E-state index in [0.717, 1.165) is 33.1 Å². The van der Waals surface area contributed by atoms with E-state index >= 15 is 0 Å². The third-order valence-electron chi connectivity index (χ3n) is 5.00. The van der Waals surface area contributed by atoms with Gasteiger partial charge in [-0.1, -0.05) is 23.9 Å². The molecule has 0 saturated heterocycles. The Morgan fingerprint density at radius 1 is 1.21 bits per heavy atom. The van der Waals surface area contributed by atoms with Crippen molar-refractivity contribution in [2.75, 3.05) is 12.9 Å². The lowest BCUT2D eigenvalue weighted by atomic mass is 10.1. The second-order valence-electron chi connectivity index (χ2n) is 6.70. The summed E-state index contributed by atoms with van der Waals surface area (Å²) >= 11 is 1.43. The van der Waals surface area contributed by atoms with Crippen molar-refractivity contribution in [3.8, 4) is 5.75 Å². The number of nitrogens with zero attached hydrogens (tertiary/aromatic N) is 3. The summed E-state index contributed by atoms with van der Waals surface area (Å²) in [6, 6.07) is 11.0. The van der Waals surface area contributed by atoms with Crippen molar-refractivity contribution in [1.29, 1.82) is 0 Å². The van der Waals surface area contributed by atoms with Crippen LogP contribution in [0.3, 0.4) is 0 Å². The van der Waals surface area contributed by atoms with Crippen molar-refractivity contribution in [3.05, 3.63) is 71.6 Å². The molecule has 29 heavy (non-hydrogen) atoms. The lowest BCUT2D eigenvalue weighted by Crippen LogP contribution is -2.04. The van der Waals surface area contributed by atoms with Gasteiger partial charge >= 0.3 is 0 Å². The molecule has 0 bridgehead atoms. The summed E-state index contributed by atoms with van der Waals surface area (Å²) in [6.07, 6.45) is 3.22. The van der Waals surface area contributed by atoms with Crippen molar-refractivity contribution in [3.63, 3.8) is 0 Å². The van der Waals surface area contributed by atoms with E-state index in [0.29, 0.717) is 23.6 Å². The van der Waals surface area contributed by atoms with E-state index in [1.807, 2.05) is 24.3 Å². The first-order chi connectivity index (χ1) is 14.1. The van der Waals surface area contributed by atoms with Crippen LogP contribution in [0.5, 0.6) is 5.75 Å². The number of fused-ring (bicyclic) bond motifs is 1. The fraction of sp³-hybridized carbons (Fsp3) is 0.227. The number of aryl methyl sites for hydroxylation is 1. The van der Waals surface area contributed by atoms with Crippen LogP contribution in [0.15, 0.2) is 58.4 Å². The average Bonchev–Trinajstić information content (AvgIpc) is 3.35. The Morgan fingerprint density at radius 3 is 2.83 bits per heavy atom. The van der Waals surface area contributed by atoms with E-state index in [2.05, 4.69) is 28.4 Å². The summed E-state index contributed by atoms with van der Waals surface area (Å²) in [5.41, 5.74) is 3.70. The molecule has 0 radical (unpaired) electrons. The highest BCUT2D eigenvalue weighted by molar-refractivity contribution is 8.00. The zero-order chi connectivity index (χ0) is 20.4. The Labute approximate surface area is 172 Å². The first-order valence-electron chi connectivity index (χ1n) is 9.21. The van der Waals surface area contributed by atoms with E-state index in [-0.39, 0.29) is 5.78 Å². The normalized spacial score (nSPS) is 11.1. The first kappa shape index (κ1) is 19.3. The Morgan fingerprint density at radius 2 is 2.07 bits per heavy atom. The van der Waals surface area contributed by atoms with E-state index in [1.54, 1.807) is 31.8 Å². The number of Topliss-reactive ketones (excluding diaryl/α,β-unsaturated/α-hetero) is 1. The molecule has 0 amide bonds. The van der Waals surface area contributed by atoms with Crippen LogP contribution in [0.1, 0.15) is 27.4 Å². The monoisotopic (exact) mass is 407 g/mol. The van der Waals surface area contributed by atoms with Crippen LogP contribution in [-0.4, -0.2) is 33.2 Å². The third kappa shape index (κ3) is 3.78. The first-order valence-corrected chi connectivity index (χ1v) is 10.2. The number of ether oxygens (including phenoxy) is 1. The van der Waals surface area contributed by atoms with Crippen molar-refractivity contribution in [1.82, 2.24) is 14.5 Å². The molecule has 7 heteroatoms. The largest absolute Gasteiger partial charge is 0.497 e. The number of furan rings is 1. The molecule has 4 rings (SSSR count). The van der Waals surface area contributed by atoms with Crippen molar-refractivity contribution >= 4 is 28.6 Å². The second kappa shape index (κ2) is 8.13. The fourth-order valence-corrected chi connectivity index (χ4v) is 4.26. The Balaban J connectivity index is 1.62. The lowest BCUT2D eigenvalue weighted by Gasteiger charge is -2.06. The number of ketones is 1. The topological polar surface area (TPSA) is 70.2 Å². The van der Waals surface area contributed by atoms with Gasteiger partial charge < -0.3 is 13.7 Å². The van der Waals surface area contributed by atoms with E-state index in [1.165, 1.54) is 11.8 Å². The number of methoxy groups -OCH3 is 1. The van der Waals surface area contributed by atoms with Crippen LogP contribution in [0.2, 0.25) is 0 Å². The van der Waals surface area contributed by atoms with Gasteiger partial charge in [0.05, 0.1) is 31.1 Å². The maximum Gasteiger partial charge on any atom is 0.173 e. The molecule has 3 heterocycles. The maximum atomic E-state index is 12.7. The molecule has 0 unspecified atom stereocenters. The Hall–Kier alpha value is -3.06. The van der Waals surface area contributed by atoms with Crippen molar-refractivity contribution < 1.29 is 13.9 Å². The van der Waals surface area contributed by atoms with Crippen LogP contribution in [0.4, 0.5) is 0 Å². The Kier molecular flexibility index (Phi) is 5.40. The number of rotatable bonds is 7. The summed E-state index contributed by atoms with van der Waals surface area (Å²) in [7, 11) is 1.59. The highest BCUT2D eigenvalue weighted by Gasteiger charge is 2.18. The minimum absolute atomic E-state index is 0.0325. The highest BCUT2D eigenvalue weighted by Crippen LogP contribution is 2.32. The molecule has 3 aromatic heterocycles. The number of hydrogen-bond acceptors (Lipinski definition) is 6. The van der Waals surface area contributed by atoms with Gasteiger partial charge in [-0.3, -0.25) is 4.79 Å². The molecule has 0 aliphatic heterocycles. The second-order valence-corrected chi connectivity index (χ2v) is 7.66. The van der Waals surface area contributed by atoms with E-state index < -0.39 is 0 Å². The van der Waals surface area contributed by atoms with Crippen LogP contribution in [0.25, 0.3) is 11.0 Å². The molecule has 4 aromatic rings. The zero-order valence-electron chi connectivity index (χ0n) is 16.5. The molecule has 0 saturated carbocycles. The van der Waals surface area contributed by atoms with Gasteiger partial charge in [-0.25, -0.2) is 9.97 Å². The smallest absolute Gasteiger partial charge is 0.173 e. The number of carbonyl (C=O) groups is 1. The predicted molar refractivity (Wildman–Crippen MR) is 113 cm³/mol. The van der Waals surface area contributed by atoms with Gasteiger partial charge in [0, 0.05) is 11.3 Å². The number of carbonyl (C=O) groups excluding carboxylic acids is 1. The SMILES string of the molecule is COc1cccc(C(=O)CSc2ncnc3c2c(C)c(C)n3Cc2ccco2)c1. The summed E-state index contributed by atoms with van der Waals surface area (Å²) < 4.78 is 12.8. The molecule has 1 aromatic carbocycles. The van der Waals surface area contributed by atoms with Gasteiger partial charge in [-0.2, -0.15) is 0 Å². The van der Waals surface area contributed by atoms with Gasteiger partial charge in [0.15, 0.2) is 5.78 Å². The van der Waals surface area contributed by atoms with Gasteiger partial charge in [-0.15, -0.1) is 0 Å². The lowest BCUT2D eigenvalue weighted by molar-refractivity contribution is 0.102. The molecule has 0 fully saturated rings. The molecule has 0 spiro atoms. The number of benzene rings is 1. The summed E-state index contributed by atoms with van der Waals surface area (Å²) in [5.74, 6) is 1.86.